The molecule has 0 atom stereocenters. The lowest BCUT2D eigenvalue weighted by Gasteiger charge is -2.11. The van der Waals surface area contributed by atoms with Gasteiger partial charge >= 0.3 is 0 Å². The summed E-state index contributed by atoms with van der Waals surface area (Å²) < 4.78 is 13.2. The minimum absolute atomic E-state index is 0.139. The molecule has 8 nitrogen and oxygen atoms in total. The average Bonchev–Trinajstić information content (AvgIpc) is 3.51. The van der Waals surface area contributed by atoms with E-state index >= 15 is 0 Å². The van der Waals surface area contributed by atoms with Gasteiger partial charge in [0.05, 0.1) is 30.4 Å². The van der Waals surface area contributed by atoms with E-state index in [2.05, 4.69) is 20.8 Å². The third-order valence-electron chi connectivity index (χ3n) is 5.23. The van der Waals surface area contributed by atoms with Crippen molar-refractivity contribution < 1.29 is 13.9 Å². The molecule has 1 amide bonds. The predicted octanol–water partition coefficient (Wildman–Crippen LogP) is 3.83. The van der Waals surface area contributed by atoms with E-state index in [1.807, 2.05) is 42.5 Å². The monoisotopic (exact) mass is 435 g/mol. The number of likely N-dealkylation sites (tertiary alicyclic amines) is 1. The van der Waals surface area contributed by atoms with Gasteiger partial charge in [-0.3, -0.25) is 9.36 Å². The van der Waals surface area contributed by atoms with Gasteiger partial charge in [0.25, 0.3) is 5.22 Å². The fraction of sp³-hybridized carbons (Fsp3) is 0.273. The number of carbonyl (C=O) groups is 1. The number of carbonyl (C=O) groups excluding carboxylic acids is 1. The van der Waals surface area contributed by atoms with E-state index in [4.69, 9.17) is 14.1 Å². The number of ether oxygens (including phenoxy) is 1. The molecule has 1 fully saturated rings. The van der Waals surface area contributed by atoms with Crippen LogP contribution in [0.25, 0.3) is 16.7 Å². The van der Waals surface area contributed by atoms with Crippen LogP contribution in [0.5, 0.6) is 5.75 Å². The number of amides is 1. The van der Waals surface area contributed by atoms with Crippen molar-refractivity contribution in [1.82, 2.24) is 24.6 Å². The van der Waals surface area contributed by atoms with Crippen LogP contribution in [-0.2, 0) is 17.1 Å². The van der Waals surface area contributed by atoms with Crippen molar-refractivity contribution in [3.8, 4) is 11.4 Å². The topological polar surface area (TPSA) is 86.3 Å². The average molecular weight is 436 g/mol. The summed E-state index contributed by atoms with van der Waals surface area (Å²) in [7, 11) is 1.65. The second-order valence-corrected chi connectivity index (χ2v) is 8.15. The first-order valence-electron chi connectivity index (χ1n) is 10.0. The van der Waals surface area contributed by atoms with Crippen LogP contribution in [0.15, 0.2) is 58.2 Å². The normalized spacial score (nSPS) is 14.0. The molecule has 0 radical (unpaired) electrons. The summed E-state index contributed by atoms with van der Waals surface area (Å²) >= 11 is 1.43. The molecule has 0 aliphatic carbocycles. The summed E-state index contributed by atoms with van der Waals surface area (Å²) in [4.78, 5) is 18.4. The predicted molar refractivity (Wildman–Crippen MR) is 116 cm³/mol. The Hall–Kier alpha value is -3.33. The summed E-state index contributed by atoms with van der Waals surface area (Å²) in [6.45, 7) is 1.12. The van der Waals surface area contributed by atoms with Gasteiger partial charge < -0.3 is 14.1 Å². The Morgan fingerprint density at radius 1 is 1.13 bits per heavy atom. The van der Waals surface area contributed by atoms with Gasteiger partial charge in [0, 0.05) is 18.7 Å². The Kier molecular flexibility index (Phi) is 5.33. The number of rotatable bonds is 7. The van der Waals surface area contributed by atoms with Crippen molar-refractivity contribution >= 4 is 28.7 Å². The first-order valence-corrected chi connectivity index (χ1v) is 11.0. The van der Waals surface area contributed by atoms with Crippen LogP contribution in [0.1, 0.15) is 24.6 Å². The first kappa shape index (κ1) is 19.6. The molecule has 0 bridgehead atoms. The summed E-state index contributed by atoms with van der Waals surface area (Å²) in [5, 5.41) is 8.70. The number of fused-ring (bicyclic) bond motifs is 1. The zero-order chi connectivity index (χ0) is 21.2. The van der Waals surface area contributed by atoms with Crippen LogP contribution >= 0.6 is 11.8 Å². The molecule has 2 aromatic carbocycles. The maximum atomic E-state index is 11.8. The van der Waals surface area contributed by atoms with E-state index in [0.717, 1.165) is 41.3 Å². The maximum absolute atomic E-state index is 11.8. The van der Waals surface area contributed by atoms with E-state index < -0.39 is 0 Å². The van der Waals surface area contributed by atoms with Crippen LogP contribution in [-0.4, -0.2) is 44.2 Å². The highest BCUT2D eigenvalue weighted by atomic mass is 32.2. The molecule has 4 aromatic rings. The van der Waals surface area contributed by atoms with Crippen LogP contribution in [0.3, 0.4) is 0 Å². The fourth-order valence-electron chi connectivity index (χ4n) is 3.71. The Balaban J connectivity index is 1.37. The van der Waals surface area contributed by atoms with Gasteiger partial charge in [0.15, 0.2) is 0 Å². The third kappa shape index (κ3) is 4.00. The fourth-order valence-corrected chi connectivity index (χ4v) is 4.41. The highest BCUT2D eigenvalue weighted by Crippen LogP contribution is 2.28. The van der Waals surface area contributed by atoms with E-state index in [0.29, 0.717) is 29.8 Å². The smallest absolute Gasteiger partial charge is 0.277 e. The highest BCUT2D eigenvalue weighted by molar-refractivity contribution is 7.98. The molecule has 1 aliphatic rings. The van der Waals surface area contributed by atoms with Crippen molar-refractivity contribution in [2.45, 2.75) is 30.4 Å². The number of benzene rings is 2. The summed E-state index contributed by atoms with van der Waals surface area (Å²) in [6, 6.07) is 15.9. The van der Waals surface area contributed by atoms with Gasteiger partial charge in [-0.1, -0.05) is 23.9 Å². The quantitative estimate of drug-likeness (QED) is 0.408. The summed E-state index contributed by atoms with van der Waals surface area (Å²) in [6.07, 6.45) is 1.48. The van der Waals surface area contributed by atoms with Gasteiger partial charge in [0.2, 0.25) is 11.8 Å². The number of hydrogen-bond acceptors (Lipinski definition) is 7. The first-order chi connectivity index (χ1) is 15.2. The molecule has 158 valence electrons. The SMILES string of the molecule is COc1ccc(-n2c(CSc3nnc(CN4CCCC4=O)o3)nc3ccccc32)cc1. The number of para-hydroxylation sites is 2. The molecule has 0 unspecified atom stereocenters. The standard InChI is InChI=1S/C22H21N5O3S/c1-29-16-10-8-15(9-11-16)27-18-6-3-2-5-17(18)23-19(27)14-31-22-25-24-20(30-22)13-26-12-4-7-21(26)28/h2-3,5-6,8-11H,4,7,12-14H2,1H3. The van der Waals surface area contributed by atoms with Crippen LogP contribution in [0.2, 0.25) is 0 Å². The van der Waals surface area contributed by atoms with Crippen molar-refractivity contribution in [2.24, 2.45) is 0 Å². The molecule has 0 spiro atoms. The number of nitrogens with zero attached hydrogens (tertiary/aromatic N) is 5. The molecule has 5 rings (SSSR count). The van der Waals surface area contributed by atoms with Gasteiger partial charge in [-0.2, -0.15) is 0 Å². The number of imidazole rings is 1. The van der Waals surface area contributed by atoms with Gasteiger partial charge in [-0.25, -0.2) is 4.98 Å². The van der Waals surface area contributed by atoms with Crippen molar-refractivity contribution in [3.63, 3.8) is 0 Å². The molecule has 31 heavy (non-hydrogen) atoms. The van der Waals surface area contributed by atoms with Crippen molar-refractivity contribution in [3.05, 3.63) is 60.2 Å². The molecule has 3 heterocycles. The van der Waals surface area contributed by atoms with Gasteiger partial charge in [-0.05, 0) is 42.8 Å². The summed E-state index contributed by atoms with van der Waals surface area (Å²) in [5.74, 6) is 2.84. The van der Waals surface area contributed by atoms with Crippen LogP contribution < -0.4 is 4.74 Å². The van der Waals surface area contributed by atoms with Crippen molar-refractivity contribution in [2.75, 3.05) is 13.7 Å². The van der Waals surface area contributed by atoms with E-state index in [1.165, 1.54) is 11.8 Å². The van der Waals surface area contributed by atoms with Crippen LogP contribution in [0.4, 0.5) is 0 Å². The molecule has 0 saturated carbocycles. The lowest BCUT2D eigenvalue weighted by molar-refractivity contribution is -0.128. The van der Waals surface area contributed by atoms with E-state index in [1.54, 1.807) is 12.0 Å². The second kappa shape index (κ2) is 8.43. The van der Waals surface area contributed by atoms with Crippen molar-refractivity contribution in [1.29, 1.82) is 0 Å². The van der Waals surface area contributed by atoms with E-state index in [9.17, 15) is 4.79 Å². The maximum Gasteiger partial charge on any atom is 0.277 e. The number of hydrogen-bond donors (Lipinski definition) is 0. The Labute approximate surface area is 183 Å². The van der Waals surface area contributed by atoms with Gasteiger partial charge in [-0.15, -0.1) is 10.2 Å². The number of methoxy groups -OCH3 is 1. The minimum atomic E-state index is 0.139. The molecule has 2 aromatic heterocycles. The van der Waals surface area contributed by atoms with E-state index in [-0.39, 0.29) is 5.91 Å². The second-order valence-electron chi connectivity index (χ2n) is 7.22. The zero-order valence-electron chi connectivity index (χ0n) is 17.0. The Morgan fingerprint density at radius 3 is 2.74 bits per heavy atom. The zero-order valence-corrected chi connectivity index (χ0v) is 17.8. The summed E-state index contributed by atoms with van der Waals surface area (Å²) in [5.41, 5.74) is 2.96. The molecule has 0 N–H and O–H groups in total. The minimum Gasteiger partial charge on any atom is -0.497 e. The lowest BCUT2D eigenvalue weighted by atomic mass is 10.2. The third-order valence-corrected chi connectivity index (χ3v) is 6.05. The largest absolute Gasteiger partial charge is 0.497 e. The molecule has 9 heteroatoms. The molecule has 1 aliphatic heterocycles. The van der Waals surface area contributed by atoms with Gasteiger partial charge in [0.1, 0.15) is 11.6 Å². The number of thioether (sulfide) groups is 1. The Morgan fingerprint density at radius 2 is 1.97 bits per heavy atom. The lowest BCUT2D eigenvalue weighted by Crippen LogP contribution is -2.23. The van der Waals surface area contributed by atoms with Crippen LogP contribution in [0, 0.1) is 0 Å². The molecular weight excluding hydrogens is 414 g/mol. The highest BCUT2D eigenvalue weighted by Gasteiger charge is 2.22. The Bertz CT molecular complexity index is 1220. The molecule has 1 saturated heterocycles. The number of aromatic nitrogens is 4. The molecular formula is C22H21N5O3S.